The number of fused-ring (bicyclic) bond motifs is 3. The van der Waals surface area contributed by atoms with Gasteiger partial charge in [-0.25, -0.2) is 0 Å². The number of nitrogens with one attached hydrogen (secondary N) is 1. The SMILES string of the molecule is Cc1ccc(CSc2nnc3c(n2)O[C@H](c2ccc(Cl)cc2)Nc2ccccc2-3)cc1. The van der Waals surface area contributed by atoms with Crippen LogP contribution in [-0.4, -0.2) is 15.2 Å². The molecule has 0 saturated carbocycles. The highest BCUT2D eigenvalue weighted by Crippen LogP contribution is 2.39. The highest BCUT2D eigenvalue weighted by Gasteiger charge is 2.26. The maximum Gasteiger partial charge on any atom is 0.247 e. The summed E-state index contributed by atoms with van der Waals surface area (Å²) in [5.41, 5.74) is 5.84. The number of halogens is 1. The molecule has 0 aliphatic carbocycles. The largest absolute Gasteiger partial charge is 0.448 e. The van der Waals surface area contributed by atoms with Crippen molar-refractivity contribution < 1.29 is 4.74 Å². The molecule has 0 fully saturated rings. The Morgan fingerprint density at radius 3 is 2.55 bits per heavy atom. The van der Waals surface area contributed by atoms with Gasteiger partial charge < -0.3 is 10.1 Å². The second kappa shape index (κ2) is 8.57. The number of hydrogen-bond acceptors (Lipinski definition) is 6. The molecule has 31 heavy (non-hydrogen) atoms. The van der Waals surface area contributed by atoms with Gasteiger partial charge in [0.15, 0.2) is 11.9 Å². The summed E-state index contributed by atoms with van der Waals surface area (Å²) in [7, 11) is 0. The quantitative estimate of drug-likeness (QED) is 0.371. The van der Waals surface area contributed by atoms with Crippen LogP contribution >= 0.6 is 23.4 Å². The number of hydrogen-bond donors (Lipinski definition) is 1. The molecule has 0 saturated heterocycles. The highest BCUT2D eigenvalue weighted by atomic mass is 35.5. The van der Waals surface area contributed by atoms with Crippen LogP contribution in [0.5, 0.6) is 5.88 Å². The van der Waals surface area contributed by atoms with Gasteiger partial charge in [0.1, 0.15) is 0 Å². The van der Waals surface area contributed by atoms with Crippen molar-refractivity contribution in [3.8, 4) is 17.1 Å². The Labute approximate surface area is 189 Å². The zero-order valence-electron chi connectivity index (χ0n) is 16.7. The van der Waals surface area contributed by atoms with Crippen molar-refractivity contribution in [2.45, 2.75) is 24.1 Å². The van der Waals surface area contributed by atoms with Crippen LogP contribution in [0.15, 0.2) is 78.0 Å². The van der Waals surface area contributed by atoms with E-state index in [2.05, 4.69) is 46.7 Å². The minimum absolute atomic E-state index is 0.425. The molecule has 3 aromatic carbocycles. The Balaban J connectivity index is 1.47. The van der Waals surface area contributed by atoms with Crippen molar-refractivity contribution in [3.05, 3.63) is 94.5 Å². The van der Waals surface area contributed by atoms with Gasteiger partial charge in [0.2, 0.25) is 11.0 Å². The first-order chi connectivity index (χ1) is 15.2. The van der Waals surface area contributed by atoms with Crippen LogP contribution in [0.1, 0.15) is 22.9 Å². The van der Waals surface area contributed by atoms with Gasteiger partial charge in [0, 0.05) is 27.6 Å². The fourth-order valence-electron chi connectivity index (χ4n) is 3.33. The molecule has 154 valence electrons. The minimum Gasteiger partial charge on any atom is -0.448 e. The molecular formula is C24H19ClN4OS. The average molecular weight is 447 g/mol. The van der Waals surface area contributed by atoms with Crippen LogP contribution in [-0.2, 0) is 5.75 Å². The predicted molar refractivity (Wildman–Crippen MR) is 124 cm³/mol. The van der Waals surface area contributed by atoms with Crippen LogP contribution in [0.25, 0.3) is 11.3 Å². The van der Waals surface area contributed by atoms with E-state index in [9.17, 15) is 0 Å². The van der Waals surface area contributed by atoms with Crippen LogP contribution in [0.3, 0.4) is 0 Å². The number of anilines is 1. The Morgan fingerprint density at radius 1 is 0.968 bits per heavy atom. The van der Waals surface area contributed by atoms with Gasteiger partial charge in [-0.1, -0.05) is 83.5 Å². The number of aryl methyl sites for hydroxylation is 1. The zero-order valence-corrected chi connectivity index (χ0v) is 18.3. The van der Waals surface area contributed by atoms with E-state index in [4.69, 9.17) is 21.3 Å². The fourth-order valence-corrected chi connectivity index (χ4v) is 4.19. The van der Waals surface area contributed by atoms with Crippen LogP contribution in [0.2, 0.25) is 5.02 Å². The summed E-state index contributed by atoms with van der Waals surface area (Å²) in [6.07, 6.45) is -0.425. The van der Waals surface area contributed by atoms with E-state index in [0.29, 0.717) is 21.8 Å². The maximum absolute atomic E-state index is 6.29. The summed E-state index contributed by atoms with van der Waals surface area (Å²) in [6.45, 7) is 2.08. The lowest BCUT2D eigenvalue weighted by atomic mass is 10.1. The van der Waals surface area contributed by atoms with Gasteiger partial charge in [-0.3, -0.25) is 0 Å². The van der Waals surface area contributed by atoms with Crippen molar-refractivity contribution in [2.24, 2.45) is 0 Å². The molecule has 1 aromatic heterocycles. The van der Waals surface area contributed by atoms with Crippen LogP contribution in [0.4, 0.5) is 5.69 Å². The molecule has 2 heterocycles. The van der Waals surface area contributed by atoms with Crippen molar-refractivity contribution in [2.75, 3.05) is 5.32 Å². The Bertz CT molecular complexity index is 1220. The van der Waals surface area contributed by atoms with Crippen molar-refractivity contribution in [1.82, 2.24) is 15.2 Å². The Kier molecular flexibility index (Phi) is 5.49. The van der Waals surface area contributed by atoms with Gasteiger partial charge in [-0.15, -0.1) is 10.2 Å². The van der Waals surface area contributed by atoms with Crippen molar-refractivity contribution in [3.63, 3.8) is 0 Å². The lowest BCUT2D eigenvalue weighted by molar-refractivity contribution is 0.225. The topological polar surface area (TPSA) is 59.9 Å². The van der Waals surface area contributed by atoms with E-state index >= 15 is 0 Å². The molecular weight excluding hydrogens is 428 g/mol. The minimum atomic E-state index is -0.425. The smallest absolute Gasteiger partial charge is 0.247 e. The molecule has 0 amide bonds. The monoisotopic (exact) mass is 446 g/mol. The summed E-state index contributed by atoms with van der Waals surface area (Å²) in [6, 6.07) is 24.0. The summed E-state index contributed by atoms with van der Waals surface area (Å²) in [5, 5.41) is 13.5. The molecule has 0 unspecified atom stereocenters. The van der Waals surface area contributed by atoms with E-state index < -0.39 is 6.23 Å². The highest BCUT2D eigenvalue weighted by molar-refractivity contribution is 7.98. The molecule has 0 spiro atoms. The number of benzene rings is 3. The molecule has 1 aliphatic heterocycles. The molecule has 1 aliphatic rings. The third kappa shape index (κ3) is 4.36. The second-order valence-corrected chi connectivity index (χ2v) is 8.64. The van der Waals surface area contributed by atoms with Gasteiger partial charge in [0.25, 0.3) is 0 Å². The molecule has 1 atom stereocenters. The molecule has 7 heteroatoms. The van der Waals surface area contributed by atoms with Crippen LogP contribution < -0.4 is 10.1 Å². The average Bonchev–Trinajstić information content (AvgIpc) is 2.96. The zero-order chi connectivity index (χ0) is 21.2. The van der Waals surface area contributed by atoms with E-state index in [-0.39, 0.29) is 0 Å². The third-order valence-corrected chi connectivity index (χ3v) is 6.16. The fraction of sp³-hybridized carbons (Fsp3) is 0.125. The van der Waals surface area contributed by atoms with E-state index in [1.54, 1.807) is 0 Å². The second-order valence-electron chi connectivity index (χ2n) is 7.26. The van der Waals surface area contributed by atoms with Gasteiger partial charge in [-0.2, -0.15) is 4.98 Å². The standard InChI is InChI=1S/C24H19ClN4OS/c1-15-6-8-16(9-7-15)14-31-24-27-23-21(28-29-24)19-4-2-3-5-20(19)26-22(30-23)17-10-12-18(25)13-11-17/h2-13,22,26H,14H2,1H3/t22-/m1/s1. The van der Waals surface area contributed by atoms with E-state index in [1.165, 1.54) is 22.9 Å². The maximum atomic E-state index is 6.29. The Morgan fingerprint density at radius 2 is 1.74 bits per heavy atom. The number of para-hydroxylation sites is 1. The number of nitrogens with zero attached hydrogens (tertiary/aromatic N) is 3. The first kappa shape index (κ1) is 19.8. The number of ether oxygens (including phenoxy) is 1. The van der Waals surface area contributed by atoms with E-state index in [0.717, 1.165) is 22.6 Å². The number of aromatic nitrogens is 3. The van der Waals surface area contributed by atoms with Gasteiger partial charge in [-0.05, 0) is 30.7 Å². The molecule has 1 N–H and O–H groups in total. The van der Waals surface area contributed by atoms with E-state index in [1.807, 2.05) is 48.5 Å². The molecule has 5 nitrogen and oxygen atoms in total. The number of rotatable bonds is 4. The van der Waals surface area contributed by atoms with Gasteiger partial charge in [0.05, 0.1) is 0 Å². The molecule has 0 bridgehead atoms. The first-order valence-electron chi connectivity index (χ1n) is 9.87. The number of thioether (sulfide) groups is 1. The third-order valence-electron chi connectivity index (χ3n) is 4.99. The lowest BCUT2D eigenvalue weighted by Gasteiger charge is -2.19. The summed E-state index contributed by atoms with van der Waals surface area (Å²) in [4.78, 5) is 4.70. The Hall–Kier alpha value is -3.09. The molecule has 5 rings (SSSR count). The van der Waals surface area contributed by atoms with Crippen molar-refractivity contribution >= 4 is 29.1 Å². The lowest BCUT2D eigenvalue weighted by Crippen LogP contribution is -2.17. The van der Waals surface area contributed by atoms with Crippen LogP contribution in [0, 0.1) is 6.92 Å². The molecule has 4 aromatic rings. The van der Waals surface area contributed by atoms with Gasteiger partial charge >= 0.3 is 0 Å². The van der Waals surface area contributed by atoms with Crippen molar-refractivity contribution in [1.29, 1.82) is 0 Å². The first-order valence-corrected chi connectivity index (χ1v) is 11.2. The summed E-state index contributed by atoms with van der Waals surface area (Å²) >= 11 is 7.60. The summed E-state index contributed by atoms with van der Waals surface area (Å²) < 4.78 is 6.29. The summed E-state index contributed by atoms with van der Waals surface area (Å²) in [5.74, 6) is 1.22. The normalized spacial score (nSPS) is 14.6. The predicted octanol–water partition coefficient (Wildman–Crippen LogP) is 6.30. The molecule has 0 radical (unpaired) electrons.